The van der Waals surface area contributed by atoms with Crippen LogP contribution < -0.4 is 5.43 Å². The Morgan fingerprint density at radius 1 is 1.24 bits per heavy atom. The number of alkyl halides is 3. The summed E-state index contributed by atoms with van der Waals surface area (Å²) in [5, 5.41) is 11.9. The molecular weight excluding hydrogens is 406 g/mol. The highest BCUT2D eigenvalue weighted by molar-refractivity contribution is 6.46. The van der Waals surface area contributed by atoms with Crippen LogP contribution in [-0.2, 0) is 6.18 Å². The van der Waals surface area contributed by atoms with Gasteiger partial charge >= 0.3 is 12.1 Å². The molecule has 0 saturated carbocycles. The first-order valence-electron chi connectivity index (χ1n) is 6.35. The highest BCUT2D eigenvalue weighted by Gasteiger charge is 2.30. The molecule has 1 heterocycles. The second kappa shape index (κ2) is 7.47. The minimum atomic E-state index is -4.49. The Kier molecular flexibility index (Phi) is 5.76. The van der Waals surface area contributed by atoms with Crippen LogP contribution in [0.1, 0.15) is 21.6 Å². The molecule has 0 saturated heterocycles. The minimum absolute atomic E-state index is 0.135. The van der Waals surface area contributed by atoms with Gasteiger partial charge in [0.15, 0.2) is 10.8 Å². The van der Waals surface area contributed by atoms with Crippen molar-refractivity contribution >= 4 is 52.7 Å². The van der Waals surface area contributed by atoms with Crippen LogP contribution >= 0.6 is 34.8 Å². The maximum absolute atomic E-state index is 12.7. The number of anilines is 1. The molecule has 0 spiro atoms. The number of hydrazone groups is 1. The van der Waals surface area contributed by atoms with Crippen molar-refractivity contribution in [3.05, 3.63) is 56.3 Å². The molecule has 0 atom stereocenters. The second-order valence-electron chi connectivity index (χ2n) is 4.55. The molecule has 5 nitrogen and oxygen atoms in total. The molecule has 0 fully saturated rings. The third-order valence-corrected chi connectivity index (χ3v) is 3.95. The highest BCUT2D eigenvalue weighted by Crippen LogP contribution is 2.37. The lowest BCUT2D eigenvalue weighted by atomic mass is 10.1. The molecule has 1 aromatic carbocycles. The van der Waals surface area contributed by atoms with E-state index in [0.29, 0.717) is 0 Å². The number of nitrogens with zero attached hydrogens (tertiary/aromatic N) is 2. The first-order valence-corrected chi connectivity index (χ1v) is 7.48. The molecule has 0 amide bonds. The van der Waals surface area contributed by atoms with Crippen LogP contribution in [0.15, 0.2) is 29.4 Å². The van der Waals surface area contributed by atoms with Crippen LogP contribution in [0.5, 0.6) is 0 Å². The summed E-state index contributed by atoms with van der Waals surface area (Å²) < 4.78 is 38.0. The summed E-state index contributed by atoms with van der Waals surface area (Å²) in [7, 11) is 0. The lowest BCUT2D eigenvalue weighted by Gasteiger charge is -2.09. The van der Waals surface area contributed by atoms with Crippen molar-refractivity contribution in [1.29, 1.82) is 0 Å². The van der Waals surface area contributed by atoms with Gasteiger partial charge in [-0.05, 0) is 17.7 Å². The van der Waals surface area contributed by atoms with Gasteiger partial charge in [0, 0.05) is 0 Å². The van der Waals surface area contributed by atoms with Crippen molar-refractivity contribution in [2.24, 2.45) is 5.10 Å². The number of carbonyl (C=O) groups is 1. The van der Waals surface area contributed by atoms with Gasteiger partial charge in [-0.15, -0.1) is 0 Å². The predicted molar refractivity (Wildman–Crippen MR) is 88.9 cm³/mol. The molecule has 0 aliphatic rings. The fourth-order valence-corrected chi connectivity index (χ4v) is 2.39. The zero-order valence-electron chi connectivity index (χ0n) is 11.9. The van der Waals surface area contributed by atoms with Crippen molar-refractivity contribution in [2.45, 2.75) is 6.18 Å². The molecule has 2 aromatic rings. The Labute approximate surface area is 154 Å². The minimum Gasteiger partial charge on any atom is -0.476 e. The van der Waals surface area contributed by atoms with Gasteiger partial charge in [-0.2, -0.15) is 18.3 Å². The molecule has 25 heavy (non-hydrogen) atoms. The number of hydrogen-bond acceptors (Lipinski definition) is 4. The summed E-state index contributed by atoms with van der Waals surface area (Å²) in [4.78, 5) is 14.6. The first-order chi connectivity index (χ1) is 11.6. The quantitative estimate of drug-likeness (QED) is 0.411. The summed E-state index contributed by atoms with van der Waals surface area (Å²) in [6.45, 7) is 0. The second-order valence-corrected chi connectivity index (χ2v) is 5.67. The number of benzene rings is 1. The summed E-state index contributed by atoms with van der Waals surface area (Å²) in [5.41, 5.74) is 0.983. The van der Waals surface area contributed by atoms with Crippen LogP contribution in [0.25, 0.3) is 0 Å². The van der Waals surface area contributed by atoms with Crippen molar-refractivity contribution < 1.29 is 23.1 Å². The summed E-state index contributed by atoms with van der Waals surface area (Å²) in [6.07, 6.45) is -3.41. The molecule has 2 N–H and O–H groups in total. The van der Waals surface area contributed by atoms with Crippen LogP contribution in [0.3, 0.4) is 0 Å². The van der Waals surface area contributed by atoms with E-state index in [9.17, 15) is 18.0 Å². The first kappa shape index (κ1) is 19.3. The standard InChI is InChI=1S/C14H7Cl3F3N3O2/c15-8-10(9(16)12(17)22-11(8)13(24)25)23-21-5-6-2-1-3-7(4-6)14(18,19)20/h1-5H,(H,22,23)(H,24,25). The van der Waals surface area contributed by atoms with Crippen LogP contribution in [0.4, 0.5) is 18.9 Å². The fraction of sp³-hybridized carbons (Fsp3) is 0.0714. The number of nitrogens with one attached hydrogen (secondary N) is 1. The summed E-state index contributed by atoms with van der Waals surface area (Å²) in [5.74, 6) is -1.44. The van der Waals surface area contributed by atoms with Crippen molar-refractivity contribution in [1.82, 2.24) is 4.98 Å². The largest absolute Gasteiger partial charge is 0.476 e. The van der Waals surface area contributed by atoms with E-state index >= 15 is 0 Å². The monoisotopic (exact) mass is 411 g/mol. The number of pyridine rings is 1. The molecule has 0 bridgehead atoms. The Morgan fingerprint density at radius 3 is 2.52 bits per heavy atom. The Bertz CT molecular complexity index is 857. The zero-order chi connectivity index (χ0) is 18.8. The van der Waals surface area contributed by atoms with Gasteiger partial charge < -0.3 is 5.11 Å². The topological polar surface area (TPSA) is 74.6 Å². The lowest BCUT2D eigenvalue weighted by Crippen LogP contribution is -2.06. The Hall–Kier alpha value is -2.03. The van der Waals surface area contributed by atoms with E-state index in [1.807, 2.05) is 0 Å². The smallest absolute Gasteiger partial charge is 0.416 e. The molecule has 1 aromatic heterocycles. The van der Waals surface area contributed by atoms with E-state index in [0.717, 1.165) is 18.3 Å². The fourth-order valence-electron chi connectivity index (χ4n) is 1.72. The SMILES string of the molecule is O=C(O)c1nc(Cl)c(Cl)c(NN=Cc2cccc(C(F)(F)F)c2)c1Cl. The van der Waals surface area contributed by atoms with Gasteiger partial charge in [-0.25, -0.2) is 9.78 Å². The van der Waals surface area contributed by atoms with Gasteiger partial charge in [0.1, 0.15) is 10.0 Å². The summed E-state index contributed by atoms with van der Waals surface area (Å²) in [6, 6.07) is 4.42. The lowest BCUT2D eigenvalue weighted by molar-refractivity contribution is -0.137. The number of aromatic carboxylic acids is 1. The third kappa shape index (κ3) is 4.53. The summed E-state index contributed by atoms with van der Waals surface area (Å²) >= 11 is 17.5. The number of rotatable bonds is 4. The molecule has 132 valence electrons. The molecule has 0 unspecified atom stereocenters. The molecule has 11 heteroatoms. The van der Waals surface area contributed by atoms with Crippen molar-refractivity contribution in [3.8, 4) is 0 Å². The van der Waals surface area contributed by atoms with Crippen LogP contribution in [0, 0.1) is 0 Å². The van der Waals surface area contributed by atoms with Gasteiger partial charge in [-0.3, -0.25) is 5.43 Å². The van der Waals surface area contributed by atoms with Gasteiger partial charge in [0.2, 0.25) is 0 Å². The maximum Gasteiger partial charge on any atom is 0.416 e. The maximum atomic E-state index is 12.7. The predicted octanol–water partition coefficient (Wildman–Crippen LogP) is 5.20. The van der Waals surface area contributed by atoms with Gasteiger partial charge in [0.05, 0.1) is 17.5 Å². The highest BCUT2D eigenvalue weighted by atomic mass is 35.5. The molecule has 0 aliphatic carbocycles. The van der Waals surface area contributed by atoms with E-state index in [-0.39, 0.29) is 26.4 Å². The van der Waals surface area contributed by atoms with E-state index in [2.05, 4.69) is 15.5 Å². The van der Waals surface area contributed by atoms with Crippen molar-refractivity contribution in [2.75, 3.05) is 5.43 Å². The van der Waals surface area contributed by atoms with Crippen molar-refractivity contribution in [3.63, 3.8) is 0 Å². The van der Waals surface area contributed by atoms with Gasteiger partial charge in [0.25, 0.3) is 0 Å². The van der Waals surface area contributed by atoms with E-state index in [4.69, 9.17) is 39.9 Å². The number of aromatic nitrogens is 1. The number of hydrogen-bond donors (Lipinski definition) is 2. The van der Waals surface area contributed by atoms with Crippen LogP contribution in [0.2, 0.25) is 15.2 Å². The number of halogens is 6. The third-order valence-electron chi connectivity index (χ3n) is 2.84. The van der Waals surface area contributed by atoms with E-state index in [1.54, 1.807) is 0 Å². The normalized spacial score (nSPS) is 11.8. The van der Waals surface area contributed by atoms with E-state index < -0.39 is 23.4 Å². The van der Waals surface area contributed by atoms with Gasteiger partial charge in [-0.1, -0.05) is 46.9 Å². The Morgan fingerprint density at radius 2 is 1.92 bits per heavy atom. The van der Waals surface area contributed by atoms with Crippen LogP contribution in [-0.4, -0.2) is 22.3 Å². The average molecular weight is 413 g/mol. The molecule has 2 rings (SSSR count). The number of carboxylic acid groups (broad SMARTS) is 1. The molecule has 0 radical (unpaired) electrons. The number of carboxylic acids is 1. The zero-order valence-corrected chi connectivity index (χ0v) is 14.2. The average Bonchev–Trinajstić information content (AvgIpc) is 2.53. The molecule has 0 aliphatic heterocycles. The molecular formula is C14H7Cl3F3N3O2. The van der Waals surface area contributed by atoms with E-state index in [1.165, 1.54) is 12.1 Å². The Balaban J connectivity index is 2.30.